The molecule has 0 atom stereocenters. The third-order valence-electron chi connectivity index (χ3n) is 2.26. The topological polar surface area (TPSA) is 78.4 Å². The van der Waals surface area contributed by atoms with Crippen LogP contribution in [0.2, 0.25) is 0 Å². The van der Waals surface area contributed by atoms with Crippen molar-refractivity contribution >= 4 is 20.9 Å². The van der Waals surface area contributed by atoms with Gasteiger partial charge in [-0.05, 0) is 6.07 Å². The summed E-state index contributed by atoms with van der Waals surface area (Å²) in [6.07, 6.45) is 2.57. The van der Waals surface area contributed by atoms with E-state index in [-0.39, 0.29) is 11.3 Å². The second kappa shape index (κ2) is 4.78. The number of pyridine rings is 2. The number of ether oxygens (including phenoxy) is 1. The van der Waals surface area contributed by atoms with Crippen LogP contribution in [-0.2, 0) is 10.1 Å². The molecule has 0 aromatic carbocycles. The molecular formula is C10H7F3N2O4S. The van der Waals surface area contributed by atoms with E-state index in [0.29, 0.717) is 5.39 Å². The molecule has 2 heterocycles. The fourth-order valence-electron chi connectivity index (χ4n) is 1.39. The van der Waals surface area contributed by atoms with Crippen molar-refractivity contribution < 1.29 is 30.5 Å². The van der Waals surface area contributed by atoms with Crippen LogP contribution in [0.15, 0.2) is 24.5 Å². The smallest absolute Gasteiger partial charge is 0.481 e. The highest BCUT2D eigenvalue weighted by atomic mass is 32.2. The average Bonchev–Trinajstić information content (AvgIpc) is 2.36. The standard InChI is InChI=1S/C10H7F3N2O4S/c1-18-9-7-4-8(15-5-6(7)2-3-14-9)19-20(16,17)10(11,12)13/h2-5H,1H3. The number of aromatic nitrogens is 2. The summed E-state index contributed by atoms with van der Waals surface area (Å²) in [5.74, 6) is -0.611. The van der Waals surface area contributed by atoms with E-state index < -0.39 is 21.5 Å². The third-order valence-corrected chi connectivity index (χ3v) is 3.22. The minimum Gasteiger partial charge on any atom is -0.481 e. The van der Waals surface area contributed by atoms with E-state index in [1.54, 1.807) is 0 Å². The summed E-state index contributed by atoms with van der Waals surface area (Å²) in [6, 6.07) is 2.54. The Bertz CT molecular complexity index is 746. The summed E-state index contributed by atoms with van der Waals surface area (Å²) in [5.41, 5.74) is -5.53. The predicted octanol–water partition coefficient (Wildman–Crippen LogP) is 1.87. The normalized spacial score (nSPS) is 12.4. The first-order valence-corrected chi connectivity index (χ1v) is 6.45. The van der Waals surface area contributed by atoms with E-state index in [0.717, 1.165) is 12.3 Å². The van der Waals surface area contributed by atoms with Gasteiger partial charge in [-0.1, -0.05) is 0 Å². The van der Waals surface area contributed by atoms with Crippen molar-refractivity contribution in [2.75, 3.05) is 7.11 Å². The maximum absolute atomic E-state index is 12.2. The van der Waals surface area contributed by atoms with E-state index in [2.05, 4.69) is 14.2 Å². The number of hydrogen-bond acceptors (Lipinski definition) is 6. The maximum atomic E-state index is 12.2. The second-order valence-corrected chi connectivity index (χ2v) is 5.08. The van der Waals surface area contributed by atoms with Crippen molar-refractivity contribution in [2.24, 2.45) is 0 Å². The number of fused-ring (bicyclic) bond motifs is 1. The Hall–Kier alpha value is -2.10. The molecule has 20 heavy (non-hydrogen) atoms. The molecule has 0 amide bonds. The molecule has 0 saturated carbocycles. The average molecular weight is 308 g/mol. The molecule has 10 heteroatoms. The van der Waals surface area contributed by atoms with Crippen LogP contribution in [0.3, 0.4) is 0 Å². The predicted molar refractivity (Wildman–Crippen MR) is 61.7 cm³/mol. The fraction of sp³-hybridized carbons (Fsp3) is 0.200. The zero-order valence-corrected chi connectivity index (χ0v) is 10.7. The van der Waals surface area contributed by atoms with Gasteiger partial charge in [0.25, 0.3) is 0 Å². The first-order chi connectivity index (χ1) is 9.24. The lowest BCUT2D eigenvalue weighted by atomic mass is 10.2. The lowest BCUT2D eigenvalue weighted by Gasteiger charge is -2.09. The molecule has 2 rings (SSSR count). The van der Waals surface area contributed by atoms with Crippen molar-refractivity contribution in [3.8, 4) is 11.8 Å². The number of rotatable bonds is 3. The summed E-state index contributed by atoms with van der Waals surface area (Å²) in [6.45, 7) is 0. The molecule has 2 aromatic rings. The van der Waals surface area contributed by atoms with E-state index in [4.69, 9.17) is 4.74 Å². The van der Waals surface area contributed by atoms with Gasteiger partial charge in [-0.15, -0.1) is 0 Å². The van der Waals surface area contributed by atoms with Crippen molar-refractivity contribution in [3.05, 3.63) is 24.5 Å². The molecule has 0 bridgehead atoms. The van der Waals surface area contributed by atoms with Crippen LogP contribution in [0, 0.1) is 0 Å². The van der Waals surface area contributed by atoms with E-state index >= 15 is 0 Å². The molecule has 0 spiro atoms. The van der Waals surface area contributed by atoms with Gasteiger partial charge in [0.15, 0.2) is 0 Å². The highest BCUT2D eigenvalue weighted by molar-refractivity contribution is 7.87. The Morgan fingerprint density at radius 2 is 1.95 bits per heavy atom. The molecule has 2 aromatic heterocycles. The van der Waals surface area contributed by atoms with E-state index in [1.807, 2.05) is 0 Å². The summed E-state index contributed by atoms with van der Waals surface area (Å²) in [7, 11) is -4.45. The van der Waals surface area contributed by atoms with Crippen molar-refractivity contribution in [3.63, 3.8) is 0 Å². The summed E-state index contributed by atoms with van der Waals surface area (Å²) in [4.78, 5) is 7.33. The van der Waals surface area contributed by atoms with Gasteiger partial charge in [0, 0.05) is 23.8 Å². The monoisotopic (exact) mass is 308 g/mol. The van der Waals surface area contributed by atoms with E-state index in [9.17, 15) is 21.6 Å². The Labute approximate surface area is 111 Å². The third kappa shape index (κ3) is 2.59. The zero-order chi connectivity index (χ0) is 15.0. The first kappa shape index (κ1) is 14.3. The molecule has 0 fully saturated rings. The zero-order valence-electron chi connectivity index (χ0n) is 9.88. The van der Waals surface area contributed by atoms with Crippen molar-refractivity contribution in [1.29, 1.82) is 0 Å². The van der Waals surface area contributed by atoms with E-state index in [1.165, 1.54) is 19.4 Å². The summed E-state index contributed by atoms with van der Waals surface area (Å²) < 4.78 is 67.2. The molecule has 0 N–H and O–H groups in total. The van der Waals surface area contributed by atoms with Crippen LogP contribution in [0.1, 0.15) is 0 Å². The van der Waals surface area contributed by atoms with Gasteiger partial charge in [0.1, 0.15) is 0 Å². The lowest BCUT2D eigenvalue weighted by Crippen LogP contribution is -2.28. The van der Waals surface area contributed by atoms with Crippen LogP contribution >= 0.6 is 0 Å². The largest absolute Gasteiger partial charge is 0.534 e. The minimum atomic E-state index is -5.76. The number of hydrogen-bond donors (Lipinski definition) is 0. The molecule has 6 nitrogen and oxygen atoms in total. The Balaban J connectivity index is 2.48. The van der Waals surface area contributed by atoms with Crippen LogP contribution in [-0.4, -0.2) is 31.0 Å². The summed E-state index contributed by atoms with van der Waals surface area (Å²) >= 11 is 0. The van der Waals surface area contributed by atoms with Gasteiger partial charge in [0.2, 0.25) is 11.8 Å². The maximum Gasteiger partial charge on any atom is 0.534 e. The Morgan fingerprint density at radius 1 is 1.25 bits per heavy atom. The van der Waals surface area contributed by atoms with Gasteiger partial charge >= 0.3 is 15.6 Å². The molecule has 108 valence electrons. The van der Waals surface area contributed by atoms with Crippen molar-refractivity contribution in [1.82, 2.24) is 9.97 Å². The van der Waals surface area contributed by atoms with Crippen LogP contribution < -0.4 is 8.92 Å². The second-order valence-electron chi connectivity index (χ2n) is 3.55. The lowest BCUT2D eigenvalue weighted by molar-refractivity contribution is -0.0501. The van der Waals surface area contributed by atoms with Gasteiger partial charge < -0.3 is 8.92 Å². The van der Waals surface area contributed by atoms with Crippen LogP contribution in [0.4, 0.5) is 13.2 Å². The molecular weight excluding hydrogens is 301 g/mol. The van der Waals surface area contributed by atoms with Crippen molar-refractivity contribution in [2.45, 2.75) is 5.51 Å². The molecule has 0 aliphatic carbocycles. The molecule has 0 aliphatic heterocycles. The highest BCUT2D eigenvalue weighted by Gasteiger charge is 2.48. The first-order valence-electron chi connectivity index (χ1n) is 5.04. The fourth-order valence-corrected chi connectivity index (χ4v) is 1.80. The number of nitrogens with zero attached hydrogens (tertiary/aromatic N) is 2. The molecule has 0 aliphatic rings. The number of halogens is 3. The number of methoxy groups -OCH3 is 1. The molecule has 0 saturated heterocycles. The quantitative estimate of drug-likeness (QED) is 0.636. The van der Waals surface area contributed by atoms with Gasteiger partial charge in [-0.2, -0.15) is 21.6 Å². The Morgan fingerprint density at radius 3 is 2.55 bits per heavy atom. The SMILES string of the molecule is COc1nccc2cnc(OS(=O)(=O)C(F)(F)F)cc12. The summed E-state index contributed by atoms with van der Waals surface area (Å²) in [5, 5.41) is 0.783. The number of alkyl halides is 3. The minimum absolute atomic E-state index is 0.110. The van der Waals surface area contributed by atoms with Gasteiger partial charge in [-0.25, -0.2) is 9.97 Å². The van der Waals surface area contributed by atoms with Crippen LogP contribution in [0.5, 0.6) is 11.8 Å². The van der Waals surface area contributed by atoms with Gasteiger partial charge in [-0.3, -0.25) is 0 Å². The molecule has 0 radical (unpaired) electrons. The Kier molecular flexibility index (Phi) is 3.42. The van der Waals surface area contributed by atoms with Gasteiger partial charge in [0.05, 0.1) is 12.5 Å². The van der Waals surface area contributed by atoms with Crippen LogP contribution in [0.25, 0.3) is 10.8 Å². The highest BCUT2D eigenvalue weighted by Crippen LogP contribution is 2.29. The molecule has 0 unspecified atom stereocenters.